The predicted molar refractivity (Wildman–Crippen MR) is 78.7 cm³/mol. The van der Waals surface area contributed by atoms with Crippen molar-refractivity contribution in [1.82, 2.24) is 4.90 Å². The molecule has 0 saturated heterocycles. The molecule has 0 spiro atoms. The highest BCUT2D eigenvalue weighted by molar-refractivity contribution is 5.92. The third-order valence-electron chi connectivity index (χ3n) is 2.89. The Hall–Kier alpha value is -1.88. The maximum absolute atomic E-state index is 11.9. The van der Waals surface area contributed by atoms with Crippen LogP contribution in [-0.4, -0.2) is 41.5 Å². The number of anilines is 1. The van der Waals surface area contributed by atoms with E-state index >= 15 is 0 Å². The van der Waals surface area contributed by atoms with Crippen LogP contribution in [0.3, 0.4) is 0 Å². The molecule has 0 heterocycles. The van der Waals surface area contributed by atoms with Gasteiger partial charge in [0, 0.05) is 12.2 Å². The zero-order valence-electron chi connectivity index (χ0n) is 11.8. The number of rotatable bonds is 9. The second-order valence-electron chi connectivity index (χ2n) is 4.69. The summed E-state index contributed by atoms with van der Waals surface area (Å²) in [6, 6.07) is 9.25. The lowest BCUT2D eigenvalue weighted by atomic mass is 10.2. The van der Waals surface area contributed by atoms with Gasteiger partial charge in [-0.15, -0.1) is 0 Å². The number of aliphatic carboxylic acids is 1. The van der Waals surface area contributed by atoms with Crippen LogP contribution in [0.15, 0.2) is 30.3 Å². The van der Waals surface area contributed by atoms with E-state index < -0.39 is 5.97 Å². The second-order valence-corrected chi connectivity index (χ2v) is 4.69. The fourth-order valence-corrected chi connectivity index (χ4v) is 1.83. The largest absolute Gasteiger partial charge is 0.481 e. The van der Waals surface area contributed by atoms with Gasteiger partial charge in [0.25, 0.3) is 0 Å². The number of amides is 1. The molecule has 0 bridgehead atoms. The van der Waals surface area contributed by atoms with Crippen molar-refractivity contribution in [2.75, 3.05) is 25.0 Å². The number of para-hydroxylation sites is 1. The number of carbonyl (C=O) groups is 2. The van der Waals surface area contributed by atoms with Crippen LogP contribution in [0.1, 0.15) is 26.2 Å². The fourth-order valence-electron chi connectivity index (χ4n) is 1.83. The average molecular weight is 278 g/mol. The lowest BCUT2D eigenvalue weighted by Crippen LogP contribution is -2.35. The predicted octanol–water partition coefficient (Wildman–Crippen LogP) is 2.20. The Balaban J connectivity index is 2.45. The molecule has 0 fully saturated rings. The van der Waals surface area contributed by atoms with Gasteiger partial charge >= 0.3 is 5.97 Å². The number of benzene rings is 1. The molecule has 0 saturated carbocycles. The number of nitrogens with one attached hydrogen (secondary N) is 1. The Bertz CT molecular complexity index is 420. The van der Waals surface area contributed by atoms with Crippen LogP contribution in [0, 0.1) is 0 Å². The summed E-state index contributed by atoms with van der Waals surface area (Å²) < 4.78 is 0. The monoisotopic (exact) mass is 278 g/mol. The van der Waals surface area contributed by atoms with Crippen molar-refractivity contribution in [3.8, 4) is 0 Å². The summed E-state index contributed by atoms with van der Waals surface area (Å²) in [6.45, 7) is 3.44. The van der Waals surface area contributed by atoms with Gasteiger partial charge in [0.2, 0.25) is 5.91 Å². The molecule has 0 radical (unpaired) electrons. The molecular weight excluding hydrogens is 256 g/mol. The molecule has 1 amide bonds. The highest BCUT2D eigenvalue weighted by Gasteiger charge is 2.12. The number of nitrogens with zero attached hydrogens (tertiary/aromatic N) is 1. The zero-order chi connectivity index (χ0) is 14.8. The summed E-state index contributed by atoms with van der Waals surface area (Å²) in [6.07, 6.45) is 2.03. The molecule has 1 rings (SSSR count). The third-order valence-corrected chi connectivity index (χ3v) is 2.89. The van der Waals surface area contributed by atoms with E-state index in [2.05, 4.69) is 12.2 Å². The summed E-state index contributed by atoms with van der Waals surface area (Å²) in [5.74, 6) is -0.951. The third kappa shape index (κ3) is 6.89. The number of carbonyl (C=O) groups excluding carboxylic acids is 1. The Morgan fingerprint density at radius 3 is 2.50 bits per heavy atom. The summed E-state index contributed by atoms with van der Waals surface area (Å²) in [4.78, 5) is 24.4. The maximum Gasteiger partial charge on any atom is 0.304 e. The van der Waals surface area contributed by atoms with E-state index in [4.69, 9.17) is 5.11 Å². The van der Waals surface area contributed by atoms with E-state index in [1.54, 1.807) is 0 Å². The van der Waals surface area contributed by atoms with E-state index in [1.807, 2.05) is 35.2 Å². The first-order valence-electron chi connectivity index (χ1n) is 6.91. The Morgan fingerprint density at radius 1 is 1.20 bits per heavy atom. The van der Waals surface area contributed by atoms with Crippen molar-refractivity contribution in [3.05, 3.63) is 30.3 Å². The van der Waals surface area contributed by atoms with E-state index in [-0.39, 0.29) is 18.9 Å². The van der Waals surface area contributed by atoms with Crippen LogP contribution in [0.25, 0.3) is 0 Å². The van der Waals surface area contributed by atoms with E-state index in [1.165, 1.54) is 0 Å². The minimum Gasteiger partial charge on any atom is -0.481 e. The van der Waals surface area contributed by atoms with Crippen LogP contribution in [0.5, 0.6) is 0 Å². The normalized spacial score (nSPS) is 10.5. The van der Waals surface area contributed by atoms with Crippen LogP contribution in [0.2, 0.25) is 0 Å². The standard InChI is InChI=1S/C15H22N2O3/c1-2-3-10-17(11-9-15(19)20)12-14(18)16-13-7-5-4-6-8-13/h4-8H,2-3,9-12H2,1H3,(H,16,18)(H,19,20). The number of hydrogen-bond donors (Lipinski definition) is 2. The average Bonchev–Trinajstić information content (AvgIpc) is 2.42. The molecule has 0 aromatic heterocycles. The second kappa shape index (κ2) is 9.09. The molecule has 20 heavy (non-hydrogen) atoms. The van der Waals surface area contributed by atoms with Crippen LogP contribution >= 0.6 is 0 Å². The molecule has 0 aliphatic rings. The van der Waals surface area contributed by atoms with E-state index in [0.717, 1.165) is 25.1 Å². The molecule has 0 aliphatic carbocycles. The van der Waals surface area contributed by atoms with Gasteiger partial charge in [-0.3, -0.25) is 14.5 Å². The van der Waals surface area contributed by atoms with Gasteiger partial charge in [0.1, 0.15) is 0 Å². The molecule has 0 atom stereocenters. The minimum atomic E-state index is -0.838. The highest BCUT2D eigenvalue weighted by Crippen LogP contribution is 2.05. The lowest BCUT2D eigenvalue weighted by Gasteiger charge is -2.20. The van der Waals surface area contributed by atoms with E-state index in [9.17, 15) is 9.59 Å². The molecule has 2 N–H and O–H groups in total. The molecule has 0 aliphatic heterocycles. The van der Waals surface area contributed by atoms with Crippen LogP contribution in [-0.2, 0) is 9.59 Å². The summed E-state index contributed by atoms with van der Waals surface area (Å²) in [7, 11) is 0. The van der Waals surface area contributed by atoms with Gasteiger partial charge in [-0.2, -0.15) is 0 Å². The number of carboxylic acid groups (broad SMARTS) is 1. The van der Waals surface area contributed by atoms with Crippen LogP contribution < -0.4 is 5.32 Å². The number of unbranched alkanes of at least 4 members (excludes halogenated alkanes) is 1. The fraction of sp³-hybridized carbons (Fsp3) is 0.467. The Kier molecular flexibility index (Phi) is 7.35. The SMILES string of the molecule is CCCCN(CCC(=O)O)CC(=O)Nc1ccccc1. The van der Waals surface area contributed by atoms with Crippen molar-refractivity contribution in [1.29, 1.82) is 0 Å². The zero-order valence-corrected chi connectivity index (χ0v) is 11.8. The van der Waals surface area contributed by atoms with Crippen molar-refractivity contribution in [3.63, 3.8) is 0 Å². The first kappa shape index (κ1) is 16.2. The molecule has 0 unspecified atom stereocenters. The van der Waals surface area contributed by atoms with Crippen molar-refractivity contribution >= 4 is 17.6 Å². The summed E-state index contributed by atoms with van der Waals surface area (Å²) in [5, 5.41) is 11.5. The molecule has 5 nitrogen and oxygen atoms in total. The van der Waals surface area contributed by atoms with E-state index in [0.29, 0.717) is 6.54 Å². The maximum atomic E-state index is 11.9. The molecule has 1 aromatic rings. The van der Waals surface area contributed by atoms with Gasteiger partial charge in [-0.25, -0.2) is 0 Å². The van der Waals surface area contributed by atoms with Crippen LogP contribution in [0.4, 0.5) is 5.69 Å². The molecule has 110 valence electrons. The van der Waals surface area contributed by atoms with Gasteiger partial charge in [0.15, 0.2) is 0 Å². The summed E-state index contributed by atoms with van der Waals surface area (Å²) in [5.41, 5.74) is 0.756. The molecule has 1 aromatic carbocycles. The topological polar surface area (TPSA) is 69.6 Å². The Labute approximate surface area is 119 Å². The quantitative estimate of drug-likeness (QED) is 0.726. The molecule has 5 heteroatoms. The summed E-state index contributed by atoms with van der Waals surface area (Å²) >= 11 is 0. The number of hydrogen-bond acceptors (Lipinski definition) is 3. The Morgan fingerprint density at radius 2 is 1.90 bits per heavy atom. The molecular formula is C15H22N2O3. The highest BCUT2D eigenvalue weighted by atomic mass is 16.4. The lowest BCUT2D eigenvalue weighted by molar-refractivity contribution is -0.137. The van der Waals surface area contributed by atoms with Crippen molar-refractivity contribution < 1.29 is 14.7 Å². The van der Waals surface area contributed by atoms with Gasteiger partial charge in [-0.1, -0.05) is 31.5 Å². The van der Waals surface area contributed by atoms with Gasteiger partial charge in [-0.05, 0) is 25.1 Å². The first-order chi connectivity index (χ1) is 9.61. The number of carboxylic acids is 1. The van der Waals surface area contributed by atoms with Crippen molar-refractivity contribution in [2.45, 2.75) is 26.2 Å². The first-order valence-corrected chi connectivity index (χ1v) is 6.91. The van der Waals surface area contributed by atoms with Gasteiger partial charge in [0.05, 0.1) is 13.0 Å². The smallest absolute Gasteiger partial charge is 0.304 e. The minimum absolute atomic E-state index is 0.0579. The van der Waals surface area contributed by atoms with Crippen molar-refractivity contribution in [2.24, 2.45) is 0 Å². The van der Waals surface area contributed by atoms with Gasteiger partial charge < -0.3 is 10.4 Å².